The van der Waals surface area contributed by atoms with Crippen molar-refractivity contribution in [3.8, 4) is 5.75 Å². The molecule has 1 fully saturated rings. The molecule has 28 heavy (non-hydrogen) atoms. The number of nitrogens with two attached hydrogens (primary N) is 1. The van der Waals surface area contributed by atoms with E-state index in [1.165, 1.54) is 5.56 Å². The number of amides is 1. The van der Waals surface area contributed by atoms with Gasteiger partial charge in [0.1, 0.15) is 12.4 Å². The highest BCUT2D eigenvalue weighted by atomic mass is 35.5. The smallest absolute Gasteiger partial charge is 0.257 e. The molecule has 0 radical (unpaired) electrons. The van der Waals surface area contributed by atoms with E-state index >= 15 is 0 Å². The molecule has 0 aliphatic carbocycles. The SMILES string of the molecule is COCCOc1ccc(Cl)cc1C(=O)N1C[C@@H](CN)[C@H](c2ccccc2)C1.Cl. The van der Waals surface area contributed by atoms with Gasteiger partial charge in [-0.3, -0.25) is 4.79 Å². The Kier molecular flexibility index (Phi) is 8.58. The largest absolute Gasteiger partial charge is 0.490 e. The first-order valence-corrected chi connectivity index (χ1v) is 9.47. The maximum absolute atomic E-state index is 13.2. The quantitative estimate of drug-likeness (QED) is 0.689. The van der Waals surface area contributed by atoms with Gasteiger partial charge in [0.2, 0.25) is 0 Å². The fourth-order valence-corrected chi connectivity index (χ4v) is 3.73. The topological polar surface area (TPSA) is 64.8 Å². The third kappa shape index (κ3) is 5.17. The van der Waals surface area contributed by atoms with Crippen LogP contribution in [-0.4, -0.2) is 50.8 Å². The Morgan fingerprint density at radius 3 is 2.61 bits per heavy atom. The van der Waals surface area contributed by atoms with Crippen molar-refractivity contribution in [3.05, 3.63) is 64.7 Å². The van der Waals surface area contributed by atoms with E-state index in [-0.39, 0.29) is 30.2 Å². The summed E-state index contributed by atoms with van der Waals surface area (Å²) >= 11 is 6.14. The first-order valence-electron chi connectivity index (χ1n) is 9.09. The Hall–Kier alpha value is -1.79. The van der Waals surface area contributed by atoms with E-state index < -0.39 is 0 Å². The number of hydrogen-bond donors (Lipinski definition) is 1. The molecule has 0 saturated carbocycles. The van der Waals surface area contributed by atoms with Gasteiger partial charge in [-0.05, 0) is 36.2 Å². The van der Waals surface area contributed by atoms with Gasteiger partial charge in [0.25, 0.3) is 5.91 Å². The van der Waals surface area contributed by atoms with Crippen LogP contribution >= 0.6 is 24.0 Å². The van der Waals surface area contributed by atoms with Crippen molar-refractivity contribution in [2.45, 2.75) is 5.92 Å². The first-order chi connectivity index (χ1) is 13.1. The minimum atomic E-state index is -0.0817. The van der Waals surface area contributed by atoms with E-state index in [1.54, 1.807) is 25.3 Å². The normalized spacial score (nSPS) is 18.6. The van der Waals surface area contributed by atoms with Crippen LogP contribution in [0.3, 0.4) is 0 Å². The van der Waals surface area contributed by atoms with Crippen LogP contribution in [0.25, 0.3) is 0 Å². The van der Waals surface area contributed by atoms with Crippen molar-refractivity contribution < 1.29 is 14.3 Å². The molecule has 0 unspecified atom stereocenters. The van der Waals surface area contributed by atoms with E-state index in [0.29, 0.717) is 49.2 Å². The first kappa shape index (κ1) is 22.5. The average molecular weight is 425 g/mol. The lowest BCUT2D eigenvalue weighted by atomic mass is 9.89. The number of halogens is 2. The van der Waals surface area contributed by atoms with Gasteiger partial charge in [-0.1, -0.05) is 41.9 Å². The van der Waals surface area contributed by atoms with Crippen LogP contribution in [0.2, 0.25) is 5.02 Å². The molecule has 3 rings (SSSR count). The Balaban J connectivity index is 0.00000280. The molecule has 2 aromatic rings. The van der Waals surface area contributed by atoms with Gasteiger partial charge < -0.3 is 20.1 Å². The molecule has 152 valence electrons. The Morgan fingerprint density at radius 1 is 1.18 bits per heavy atom. The molecule has 0 bridgehead atoms. The summed E-state index contributed by atoms with van der Waals surface area (Å²) in [6.45, 7) is 2.62. The molecule has 1 heterocycles. The third-order valence-electron chi connectivity index (χ3n) is 4.98. The van der Waals surface area contributed by atoms with Crippen LogP contribution < -0.4 is 10.5 Å². The molecule has 2 N–H and O–H groups in total. The molecule has 1 aliphatic rings. The van der Waals surface area contributed by atoms with Crippen molar-refractivity contribution in [2.24, 2.45) is 11.7 Å². The summed E-state index contributed by atoms with van der Waals surface area (Å²) < 4.78 is 10.7. The summed E-state index contributed by atoms with van der Waals surface area (Å²) in [5, 5.41) is 0.506. The number of carbonyl (C=O) groups excluding carboxylic acids is 1. The molecule has 5 nitrogen and oxygen atoms in total. The summed E-state index contributed by atoms with van der Waals surface area (Å²) in [6.07, 6.45) is 0. The maximum Gasteiger partial charge on any atom is 0.257 e. The highest BCUT2D eigenvalue weighted by Gasteiger charge is 2.36. The fraction of sp³-hybridized carbons (Fsp3) is 0.381. The fourth-order valence-electron chi connectivity index (χ4n) is 3.55. The number of likely N-dealkylation sites (tertiary alicyclic amines) is 1. The Morgan fingerprint density at radius 2 is 1.93 bits per heavy atom. The molecule has 2 atom stereocenters. The molecule has 7 heteroatoms. The zero-order valence-electron chi connectivity index (χ0n) is 15.8. The van der Waals surface area contributed by atoms with Gasteiger partial charge in [-0.2, -0.15) is 0 Å². The van der Waals surface area contributed by atoms with E-state index in [9.17, 15) is 4.79 Å². The van der Waals surface area contributed by atoms with Gasteiger partial charge in [0.05, 0.1) is 12.2 Å². The second-order valence-corrected chi connectivity index (χ2v) is 7.14. The molecule has 1 aliphatic heterocycles. The van der Waals surface area contributed by atoms with Crippen LogP contribution in [0.1, 0.15) is 21.8 Å². The zero-order valence-corrected chi connectivity index (χ0v) is 17.4. The second-order valence-electron chi connectivity index (χ2n) is 6.70. The predicted molar refractivity (Wildman–Crippen MR) is 114 cm³/mol. The summed E-state index contributed by atoms with van der Waals surface area (Å²) in [5.41, 5.74) is 7.69. The summed E-state index contributed by atoms with van der Waals surface area (Å²) in [6, 6.07) is 15.3. The predicted octanol–water partition coefficient (Wildman–Crippen LogP) is 3.60. The zero-order chi connectivity index (χ0) is 19.2. The van der Waals surface area contributed by atoms with Crippen LogP contribution in [0.5, 0.6) is 5.75 Å². The molecule has 0 aromatic heterocycles. The Bertz CT molecular complexity index is 774. The average Bonchev–Trinajstić information content (AvgIpc) is 3.14. The summed E-state index contributed by atoms with van der Waals surface area (Å²) in [7, 11) is 1.61. The minimum absolute atomic E-state index is 0. The molecular weight excluding hydrogens is 399 g/mol. The lowest BCUT2D eigenvalue weighted by Gasteiger charge is -2.19. The van der Waals surface area contributed by atoms with Gasteiger partial charge in [0.15, 0.2) is 0 Å². The summed E-state index contributed by atoms with van der Waals surface area (Å²) in [5.74, 6) is 0.904. The van der Waals surface area contributed by atoms with Crippen molar-refractivity contribution in [2.75, 3.05) is 40.0 Å². The maximum atomic E-state index is 13.2. The van der Waals surface area contributed by atoms with E-state index in [4.69, 9.17) is 26.8 Å². The number of hydrogen-bond acceptors (Lipinski definition) is 4. The molecule has 0 spiro atoms. The lowest BCUT2D eigenvalue weighted by Crippen LogP contribution is -2.30. The van der Waals surface area contributed by atoms with Crippen molar-refractivity contribution in [3.63, 3.8) is 0 Å². The second kappa shape index (κ2) is 10.7. The number of nitrogens with zero attached hydrogens (tertiary/aromatic N) is 1. The van der Waals surface area contributed by atoms with Crippen molar-refractivity contribution >= 4 is 29.9 Å². The van der Waals surface area contributed by atoms with Gasteiger partial charge in [0, 0.05) is 31.1 Å². The summed E-state index contributed by atoms with van der Waals surface area (Å²) in [4.78, 5) is 15.1. The molecule has 1 saturated heterocycles. The van der Waals surface area contributed by atoms with Gasteiger partial charge in [-0.15, -0.1) is 12.4 Å². The van der Waals surface area contributed by atoms with E-state index in [1.807, 2.05) is 23.1 Å². The van der Waals surface area contributed by atoms with E-state index in [2.05, 4.69) is 12.1 Å². The molecule has 2 aromatic carbocycles. The van der Waals surface area contributed by atoms with Crippen molar-refractivity contribution in [1.29, 1.82) is 0 Å². The molecular formula is C21H26Cl2N2O3. The molecule has 1 amide bonds. The minimum Gasteiger partial charge on any atom is -0.490 e. The lowest BCUT2D eigenvalue weighted by molar-refractivity contribution is 0.0779. The number of carbonyl (C=O) groups is 1. The third-order valence-corrected chi connectivity index (χ3v) is 5.21. The van der Waals surface area contributed by atoms with Crippen LogP contribution in [0.4, 0.5) is 0 Å². The number of benzene rings is 2. The van der Waals surface area contributed by atoms with Crippen LogP contribution in [0, 0.1) is 5.92 Å². The van der Waals surface area contributed by atoms with Gasteiger partial charge in [-0.25, -0.2) is 0 Å². The number of methoxy groups -OCH3 is 1. The number of ether oxygens (including phenoxy) is 2. The monoisotopic (exact) mass is 424 g/mol. The van der Waals surface area contributed by atoms with Crippen molar-refractivity contribution in [1.82, 2.24) is 4.90 Å². The van der Waals surface area contributed by atoms with E-state index in [0.717, 1.165) is 0 Å². The van der Waals surface area contributed by atoms with Crippen LogP contribution in [-0.2, 0) is 4.74 Å². The standard InChI is InChI=1S/C21H25ClN2O3.ClH/c1-26-9-10-27-20-8-7-17(22)11-18(20)21(25)24-13-16(12-23)19(14-24)15-5-3-2-4-6-15;/h2-8,11,16,19H,9-10,12-14,23H2,1H3;1H/t16-,19+;/m1./s1. The van der Waals surface area contributed by atoms with Gasteiger partial charge >= 0.3 is 0 Å². The highest BCUT2D eigenvalue weighted by Crippen LogP contribution is 2.34. The number of rotatable bonds is 7. The Labute approximate surface area is 177 Å². The highest BCUT2D eigenvalue weighted by molar-refractivity contribution is 6.31. The van der Waals surface area contributed by atoms with Crippen LogP contribution in [0.15, 0.2) is 48.5 Å².